The molecule has 0 spiro atoms. The van der Waals surface area contributed by atoms with Gasteiger partial charge >= 0.3 is 0 Å². The lowest BCUT2D eigenvalue weighted by Crippen LogP contribution is -2.12. The molecule has 4 heteroatoms. The number of benzene rings is 2. The quantitative estimate of drug-likeness (QED) is 0.781. The molecule has 0 atom stereocenters. The zero-order valence-electron chi connectivity index (χ0n) is 11.0. The van der Waals surface area contributed by atoms with Crippen LogP contribution in [0.5, 0.6) is 11.5 Å². The second-order valence-corrected chi connectivity index (χ2v) is 4.05. The van der Waals surface area contributed by atoms with E-state index in [2.05, 4.69) is 0 Å². The maximum atomic E-state index is 12.1. The third kappa shape index (κ3) is 3.15. The molecule has 0 heterocycles. The first-order valence-electron chi connectivity index (χ1n) is 6.04. The van der Waals surface area contributed by atoms with Crippen molar-refractivity contribution in [1.82, 2.24) is 0 Å². The zero-order chi connectivity index (χ0) is 14.4. The van der Waals surface area contributed by atoms with Crippen molar-refractivity contribution in [2.45, 2.75) is 0 Å². The number of hydrogen-bond donors (Lipinski definition) is 0. The number of rotatable bonds is 5. The summed E-state index contributed by atoms with van der Waals surface area (Å²) in [5.41, 5.74) is 1.04. The molecule has 0 saturated heterocycles. The van der Waals surface area contributed by atoms with Crippen LogP contribution in [-0.4, -0.2) is 19.5 Å². The van der Waals surface area contributed by atoms with Gasteiger partial charge in [0.15, 0.2) is 6.61 Å². The summed E-state index contributed by atoms with van der Waals surface area (Å²) in [6.45, 7) is -0.0771. The van der Waals surface area contributed by atoms with Gasteiger partial charge in [0.05, 0.1) is 24.3 Å². The van der Waals surface area contributed by atoms with Gasteiger partial charge in [-0.2, -0.15) is 5.26 Å². The Morgan fingerprint density at radius 3 is 2.50 bits per heavy atom. The van der Waals surface area contributed by atoms with Gasteiger partial charge in [0.1, 0.15) is 11.5 Å². The first-order valence-corrected chi connectivity index (χ1v) is 6.04. The van der Waals surface area contributed by atoms with E-state index < -0.39 is 0 Å². The Morgan fingerprint density at radius 1 is 1.15 bits per heavy atom. The van der Waals surface area contributed by atoms with Crippen molar-refractivity contribution in [3.05, 3.63) is 59.7 Å². The van der Waals surface area contributed by atoms with Gasteiger partial charge in [-0.3, -0.25) is 4.79 Å². The van der Waals surface area contributed by atoms with E-state index in [-0.39, 0.29) is 12.4 Å². The standard InChI is InChI=1S/C16H13NO3/c1-19-16-5-3-2-4-14(16)15(18)11-20-13-8-6-12(10-17)7-9-13/h2-9H,11H2,1H3. The summed E-state index contributed by atoms with van der Waals surface area (Å²) in [6, 6.07) is 15.6. The summed E-state index contributed by atoms with van der Waals surface area (Å²) >= 11 is 0. The lowest BCUT2D eigenvalue weighted by atomic mass is 10.1. The van der Waals surface area contributed by atoms with Gasteiger partial charge in [-0.1, -0.05) is 12.1 Å². The lowest BCUT2D eigenvalue weighted by molar-refractivity contribution is 0.0918. The molecule has 0 amide bonds. The van der Waals surface area contributed by atoms with Crippen LogP contribution in [0.25, 0.3) is 0 Å². The minimum Gasteiger partial charge on any atom is -0.496 e. The smallest absolute Gasteiger partial charge is 0.203 e. The topological polar surface area (TPSA) is 59.3 Å². The van der Waals surface area contributed by atoms with Crippen LogP contribution in [0.2, 0.25) is 0 Å². The Morgan fingerprint density at radius 2 is 1.85 bits per heavy atom. The molecule has 0 saturated carbocycles. The molecule has 0 bridgehead atoms. The molecule has 0 N–H and O–H groups in total. The monoisotopic (exact) mass is 267 g/mol. The number of ketones is 1. The SMILES string of the molecule is COc1ccccc1C(=O)COc1ccc(C#N)cc1. The maximum absolute atomic E-state index is 12.1. The van der Waals surface area contributed by atoms with Gasteiger partial charge in [0.2, 0.25) is 5.78 Å². The number of methoxy groups -OCH3 is 1. The van der Waals surface area contributed by atoms with Crippen molar-refractivity contribution >= 4 is 5.78 Å². The molecule has 20 heavy (non-hydrogen) atoms. The molecule has 2 aromatic carbocycles. The molecular formula is C16H13NO3. The van der Waals surface area contributed by atoms with Crippen LogP contribution in [0.3, 0.4) is 0 Å². The van der Waals surface area contributed by atoms with E-state index in [1.54, 1.807) is 48.5 Å². The van der Waals surface area contributed by atoms with Crippen LogP contribution in [0.1, 0.15) is 15.9 Å². The summed E-state index contributed by atoms with van der Waals surface area (Å²) in [4.78, 5) is 12.1. The third-order valence-electron chi connectivity index (χ3n) is 2.76. The summed E-state index contributed by atoms with van der Waals surface area (Å²) in [5, 5.41) is 8.69. The van der Waals surface area contributed by atoms with Crippen LogP contribution < -0.4 is 9.47 Å². The van der Waals surface area contributed by atoms with E-state index in [0.29, 0.717) is 22.6 Å². The number of Topliss-reactive ketones (excluding diaryl/α,β-unsaturated/α-hetero) is 1. The minimum atomic E-state index is -0.160. The van der Waals surface area contributed by atoms with Crippen molar-refractivity contribution in [1.29, 1.82) is 5.26 Å². The first kappa shape index (κ1) is 13.6. The summed E-state index contributed by atoms with van der Waals surface area (Å²) in [7, 11) is 1.52. The van der Waals surface area contributed by atoms with Crippen molar-refractivity contribution < 1.29 is 14.3 Å². The van der Waals surface area contributed by atoms with Crippen molar-refractivity contribution in [2.75, 3.05) is 13.7 Å². The predicted octanol–water partition coefficient (Wildman–Crippen LogP) is 2.83. The van der Waals surface area contributed by atoms with Crippen molar-refractivity contribution in [3.8, 4) is 17.6 Å². The van der Waals surface area contributed by atoms with Crippen LogP contribution in [-0.2, 0) is 0 Å². The van der Waals surface area contributed by atoms with Crippen molar-refractivity contribution in [2.24, 2.45) is 0 Å². The van der Waals surface area contributed by atoms with E-state index in [1.807, 2.05) is 6.07 Å². The Labute approximate surface area is 117 Å². The van der Waals surface area contributed by atoms with Gasteiger partial charge in [-0.05, 0) is 36.4 Å². The molecule has 4 nitrogen and oxygen atoms in total. The largest absolute Gasteiger partial charge is 0.496 e. The van der Waals surface area contributed by atoms with E-state index in [1.165, 1.54) is 7.11 Å². The van der Waals surface area contributed by atoms with Crippen LogP contribution in [0, 0.1) is 11.3 Å². The van der Waals surface area contributed by atoms with Crippen LogP contribution in [0.4, 0.5) is 0 Å². The number of nitriles is 1. The second-order valence-electron chi connectivity index (χ2n) is 4.05. The number of nitrogens with zero attached hydrogens (tertiary/aromatic N) is 1. The lowest BCUT2D eigenvalue weighted by Gasteiger charge is -2.08. The van der Waals surface area contributed by atoms with E-state index in [9.17, 15) is 4.79 Å². The average Bonchev–Trinajstić information content (AvgIpc) is 2.53. The molecule has 0 aliphatic carbocycles. The minimum absolute atomic E-state index is 0.0771. The van der Waals surface area contributed by atoms with Gasteiger partial charge in [0.25, 0.3) is 0 Å². The molecule has 0 aliphatic heterocycles. The normalized spacial score (nSPS) is 9.60. The molecular weight excluding hydrogens is 254 g/mol. The van der Waals surface area contributed by atoms with E-state index >= 15 is 0 Å². The maximum Gasteiger partial charge on any atom is 0.203 e. The summed E-state index contributed by atoms with van der Waals surface area (Å²) < 4.78 is 10.5. The van der Waals surface area contributed by atoms with Crippen LogP contribution >= 0.6 is 0 Å². The summed E-state index contributed by atoms with van der Waals surface area (Å²) in [5.74, 6) is 0.917. The van der Waals surface area contributed by atoms with Gasteiger partial charge in [-0.25, -0.2) is 0 Å². The molecule has 0 fully saturated rings. The number of para-hydroxylation sites is 1. The highest BCUT2D eigenvalue weighted by atomic mass is 16.5. The van der Waals surface area contributed by atoms with Gasteiger partial charge in [0, 0.05) is 0 Å². The second kappa shape index (κ2) is 6.39. The molecule has 0 aliphatic rings. The van der Waals surface area contributed by atoms with Gasteiger partial charge < -0.3 is 9.47 Å². The fourth-order valence-electron chi connectivity index (χ4n) is 1.73. The summed E-state index contributed by atoms with van der Waals surface area (Å²) in [6.07, 6.45) is 0. The highest BCUT2D eigenvalue weighted by molar-refractivity contribution is 5.99. The fraction of sp³-hybridized carbons (Fsp3) is 0.125. The number of hydrogen-bond acceptors (Lipinski definition) is 4. The van der Waals surface area contributed by atoms with E-state index in [4.69, 9.17) is 14.7 Å². The zero-order valence-corrected chi connectivity index (χ0v) is 11.0. The Bertz CT molecular complexity index is 642. The molecule has 100 valence electrons. The molecule has 0 radical (unpaired) electrons. The first-order chi connectivity index (χ1) is 9.74. The molecule has 0 aromatic heterocycles. The Kier molecular flexibility index (Phi) is 4.35. The average molecular weight is 267 g/mol. The number of carbonyl (C=O) groups excluding carboxylic acids is 1. The Balaban J connectivity index is 2.03. The molecule has 2 rings (SSSR count). The van der Waals surface area contributed by atoms with E-state index in [0.717, 1.165) is 0 Å². The highest BCUT2D eigenvalue weighted by Gasteiger charge is 2.12. The Hall–Kier alpha value is -2.80. The molecule has 2 aromatic rings. The van der Waals surface area contributed by atoms with Gasteiger partial charge in [-0.15, -0.1) is 0 Å². The van der Waals surface area contributed by atoms with Crippen LogP contribution in [0.15, 0.2) is 48.5 Å². The highest BCUT2D eigenvalue weighted by Crippen LogP contribution is 2.18. The predicted molar refractivity (Wildman–Crippen MR) is 74.0 cm³/mol. The molecule has 0 unspecified atom stereocenters. The number of ether oxygens (including phenoxy) is 2. The fourth-order valence-corrected chi connectivity index (χ4v) is 1.73. The third-order valence-corrected chi connectivity index (χ3v) is 2.76. The number of carbonyl (C=O) groups is 1. The van der Waals surface area contributed by atoms with Crippen molar-refractivity contribution in [3.63, 3.8) is 0 Å².